The van der Waals surface area contributed by atoms with Crippen molar-refractivity contribution in [2.75, 3.05) is 5.75 Å². The lowest BCUT2D eigenvalue weighted by Gasteiger charge is -2.10. The summed E-state index contributed by atoms with van der Waals surface area (Å²) >= 11 is 0.465. The molecule has 1 aromatic heterocycles. The van der Waals surface area contributed by atoms with Crippen LogP contribution in [-0.4, -0.2) is 22.7 Å². The molecule has 0 amide bonds. The van der Waals surface area contributed by atoms with Gasteiger partial charge in [0.15, 0.2) is 0 Å². The summed E-state index contributed by atoms with van der Waals surface area (Å²) in [5, 5.41) is 0. The van der Waals surface area contributed by atoms with E-state index in [-0.39, 0.29) is 27.5 Å². The Hall–Kier alpha value is -2.30. The zero-order valence-electron chi connectivity index (χ0n) is 13.6. The number of rotatable bonds is 4. The van der Waals surface area contributed by atoms with Crippen LogP contribution in [0.5, 0.6) is 0 Å². The molecule has 0 saturated heterocycles. The first-order valence-corrected chi connectivity index (χ1v) is 8.23. The van der Waals surface area contributed by atoms with E-state index in [1.807, 2.05) is 0 Å². The predicted molar refractivity (Wildman–Crippen MR) is 87.5 cm³/mol. The summed E-state index contributed by atoms with van der Waals surface area (Å²) in [4.78, 5) is 7.14. The van der Waals surface area contributed by atoms with E-state index in [1.54, 1.807) is 0 Å². The highest BCUT2D eigenvalue weighted by Gasteiger charge is 2.32. The second-order valence-corrected chi connectivity index (χ2v) is 6.42. The summed E-state index contributed by atoms with van der Waals surface area (Å²) in [6.45, 7) is 1.44. The van der Waals surface area contributed by atoms with E-state index in [4.69, 9.17) is 5.73 Å². The first-order chi connectivity index (χ1) is 12.4. The third-order valence-electron chi connectivity index (χ3n) is 3.23. The summed E-state index contributed by atoms with van der Waals surface area (Å²) < 4.78 is 88.7. The van der Waals surface area contributed by atoms with Crippen molar-refractivity contribution in [2.24, 2.45) is 10.7 Å². The molecule has 0 aliphatic heterocycles. The highest BCUT2D eigenvalue weighted by molar-refractivity contribution is 7.99. The SMILES string of the molecule is Cc1cc(F)c(N=C(N)c2ccc(C(F)(F)F)nc2)cc1SCC(F)(F)F. The van der Waals surface area contributed by atoms with E-state index < -0.39 is 29.6 Å². The molecule has 146 valence electrons. The van der Waals surface area contributed by atoms with Crippen molar-refractivity contribution >= 4 is 23.3 Å². The third-order valence-corrected chi connectivity index (χ3v) is 4.45. The summed E-state index contributed by atoms with van der Waals surface area (Å²) in [5.41, 5.74) is 4.49. The number of halogens is 7. The number of benzene rings is 1. The Bertz CT molecular complexity index is 843. The van der Waals surface area contributed by atoms with Crippen LogP contribution in [-0.2, 0) is 6.18 Å². The molecule has 2 aromatic rings. The molecule has 0 spiro atoms. The van der Waals surface area contributed by atoms with Crippen LogP contribution in [0.15, 0.2) is 40.4 Å². The summed E-state index contributed by atoms with van der Waals surface area (Å²) in [6, 6.07) is 3.81. The smallest absolute Gasteiger partial charge is 0.383 e. The average Bonchev–Trinajstić information content (AvgIpc) is 2.54. The fourth-order valence-corrected chi connectivity index (χ4v) is 2.75. The van der Waals surface area contributed by atoms with E-state index in [1.165, 1.54) is 6.92 Å². The van der Waals surface area contributed by atoms with Crippen LogP contribution in [0.4, 0.5) is 36.4 Å². The Morgan fingerprint density at radius 2 is 1.81 bits per heavy atom. The van der Waals surface area contributed by atoms with Gasteiger partial charge in [-0.15, -0.1) is 11.8 Å². The quantitative estimate of drug-likeness (QED) is 0.324. The average molecular weight is 411 g/mol. The molecule has 0 aliphatic carbocycles. The number of aliphatic imine (C=N–C) groups is 1. The van der Waals surface area contributed by atoms with Crippen molar-refractivity contribution in [1.82, 2.24) is 4.98 Å². The lowest BCUT2D eigenvalue weighted by molar-refractivity contribution is -0.141. The van der Waals surface area contributed by atoms with Gasteiger partial charge in [0.05, 0.1) is 5.75 Å². The van der Waals surface area contributed by atoms with Crippen molar-refractivity contribution in [2.45, 2.75) is 24.2 Å². The van der Waals surface area contributed by atoms with Gasteiger partial charge in [-0.3, -0.25) is 4.98 Å². The van der Waals surface area contributed by atoms with Crippen molar-refractivity contribution < 1.29 is 30.7 Å². The molecule has 0 radical (unpaired) electrons. The molecule has 0 bridgehead atoms. The summed E-state index contributed by atoms with van der Waals surface area (Å²) in [5.74, 6) is -2.32. The van der Waals surface area contributed by atoms with Gasteiger partial charge in [-0.2, -0.15) is 26.3 Å². The minimum absolute atomic E-state index is 0.00692. The maximum Gasteiger partial charge on any atom is 0.433 e. The lowest BCUT2D eigenvalue weighted by Crippen LogP contribution is -2.15. The van der Waals surface area contributed by atoms with Crippen LogP contribution in [0.3, 0.4) is 0 Å². The van der Waals surface area contributed by atoms with Gasteiger partial charge in [0.2, 0.25) is 0 Å². The molecule has 3 nitrogen and oxygen atoms in total. The number of nitrogens with two attached hydrogens (primary N) is 1. The largest absolute Gasteiger partial charge is 0.433 e. The lowest BCUT2D eigenvalue weighted by atomic mass is 10.2. The number of hydrogen-bond acceptors (Lipinski definition) is 3. The van der Waals surface area contributed by atoms with E-state index in [0.29, 0.717) is 17.8 Å². The first kappa shape index (κ1) is 21.0. The van der Waals surface area contributed by atoms with Crippen LogP contribution in [0.25, 0.3) is 0 Å². The Morgan fingerprint density at radius 1 is 1.15 bits per heavy atom. The summed E-state index contributed by atoms with van der Waals surface area (Å²) in [6.07, 6.45) is -8.20. The Morgan fingerprint density at radius 3 is 2.33 bits per heavy atom. The topological polar surface area (TPSA) is 51.3 Å². The minimum Gasteiger partial charge on any atom is -0.383 e. The molecular weight excluding hydrogens is 399 g/mol. The van der Waals surface area contributed by atoms with Gasteiger partial charge < -0.3 is 5.73 Å². The molecule has 1 aromatic carbocycles. The minimum atomic E-state index is -4.63. The van der Waals surface area contributed by atoms with Gasteiger partial charge >= 0.3 is 12.4 Å². The van der Waals surface area contributed by atoms with Gasteiger partial charge in [0.25, 0.3) is 0 Å². The van der Waals surface area contributed by atoms with Crippen molar-refractivity contribution in [1.29, 1.82) is 0 Å². The van der Waals surface area contributed by atoms with E-state index >= 15 is 0 Å². The number of hydrogen-bond donors (Lipinski definition) is 1. The summed E-state index contributed by atoms with van der Waals surface area (Å²) in [7, 11) is 0. The molecule has 2 N–H and O–H groups in total. The number of amidine groups is 1. The van der Waals surface area contributed by atoms with Gasteiger partial charge in [-0.25, -0.2) is 9.38 Å². The number of nitrogens with zero attached hydrogens (tertiary/aromatic N) is 2. The molecule has 2 rings (SSSR count). The number of aryl methyl sites for hydroxylation is 1. The molecule has 0 aliphatic rings. The molecule has 27 heavy (non-hydrogen) atoms. The fourth-order valence-electron chi connectivity index (χ4n) is 1.95. The highest BCUT2D eigenvalue weighted by Crippen LogP contribution is 2.33. The predicted octanol–water partition coefficient (Wildman–Crippen LogP) is 5.24. The highest BCUT2D eigenvalue weighted by atomic mass is 32.2. The number of pyridine rings is 1. The second-order valence-electron chi connectivity index (χ2n) is 5.40. The molecule has 0 atom stereocenters. The molecular formula is C16H12F7N3S. The van der Waals surface area contributed by atoms with Crippen LogP contribution in [0.1, 0.15) is 16.8 Å². The van der Waals surface area contributed by atoms with Crippen molar-refractivity contribution in [3.63, 3.8) is 0 Å². The Kier molecular flexibility index (Phi) is 6.03. The van der Waals surface area contributed by atoms with Crippen molar-refractivity contribution in [3.8, 4) is 0 Å². The van der Waals surface area contributed by atoms with Gasteiger partial charge in [-0.1, -0.05) is 0 Å². The maximum atomic E-state index is 14.0. The molecule has 0 saturated carbocycles. The maximum absolute atomic E-state index is 14.0. The van der Waals surface area contributed by atoms with Gasteiger partial charge in [0.1, 0.15) is 23.0 Å². The normalized spacial score (nSPS) is 13.1. The van der Waals surface area contributed by atoms with Gasteiger partial charge in [0, 0.05) is 16.7 Å². The van der Waals surface area contributed by atoms with Crippen LogP contribution >= 0.6 is 11.8 Å². The monoisotopic (exact) mass is 411 g/mol. The van der Waals surface area contributed by atoms with Crippen molar-refractivity contribution in [3.05, 3.63) is 53.1 Å². The Balaban J connectivity index is 2.31. The van der Waals surface area contributed by atoms with Crippen LogP contribution < -0.4 is 5.73 Å². The molecule has 0 unspecified atom stereocenters. The molecule has 0 fully saturated rings. The first-order valence-electron chi connectivity index (χ1n) is 7.24. The Labute approximate surface area is 153 Å². The van der Waals surface area contributed by atoms with Crippen LogP contribution in [0.2, 0.25) is 0 Å². The standard InChI is InChI=1S/C16H12F7N3S/c1-8-4-10(17)11(5-12(8)27-7-15(18,19)20)26-14(24)9-2-3-13(25-6-9)16(21,22)23/h2-6H,7H2,1H3,(H2,24,26). The van der Waals surface area contributed by atoms with Gasteiger partial charge in [-0.05, 0) is 36.8 Å². The number of aromatic nitrogens is 1. The fraction of sp³-hybridized carbons (Fsp3) is 0.250. The third kappa shape index (κ3) is 5.84. The number of alkyl halides is 6. The molecule has 11 heteroatoms. The van der Waals surface area contributed by atoms with Crippen LogP contribution in [0, 0.1) is 12.7 Å². The zero-order chi connectivity index (χ0) is 20.4. The second kappa shape index (κ2) is 7.75. The zero-order valence-corrected chi connectivity index (χ0v) is 14.4. The van der Waals surface area contributed by atoms with E-state index in [9.17, 15) is 30.7 Å². The molecule has 1 heterocycles. The van der Waals surface area contributed by atoms with E-state index in [0.717, 1.165) is 24.4 Å². The van der Waals surface area contributed by atoms with E-state index in [2.05, 4.69) is 9.98 Å². The number of thioether (sulfide) groups is 1.